The molecule has 1 saturated heterocycles. The summed E-state index contributed by atoms with van der Waals surface area (Å²) in [6, 6.07) is 6.66. The molecule has 160 valence electrons. The van der Waals surface area contributed by atoms with Crippen molar-refractivity contribution in [1.82, 2.24) is 9.55 Å². The van der Waals surface area contributed by atoms with E-state index < -0.39 is 0 Å². The Bertz CT molecular complexity index is 975. The molecule has 1 aromatic carbocycles. The summed E-state index contributed by atoms with van der Waals surface area (Å²) in [5.74, 6) is 0.837. The average Bonchev–Trinajstić information content (AvgIpc) is 2.80. The summed E-state index contributed by atoms with van der Waals surface area (Å²) in [4.78, 5) is 16.8. The Labute approximate surface area is 176 Å². The van der Waals surface area contributed by atoms with E-state index in [1.807, 2.05) is 0 Å². The van der Waals surface area contributed by atoms with Crippen LogP contribution in [0.5, 0.6) is 5.88 Å². The molecule has 1 unspecified atom stereocenters. The van der Waals surface area contributed by atoms with Crippen LogP contribution in [0.15, 0.2) is 23.0 Å². The van der Waals surface area contributed by atoms with Crippen LogP contribution in [0.25, 0.3) is 11.3 Å². The molecule has 3 heterocycles. The van der Waals surface area contributed by atoms with Crippen molar-refractivity contribution < 1.29 is 14.2 Å². The first-order chi connectivity index (χ1) is 14.7. The maximum Gasteiger partial charge on any atom is 0.351 e. The van der Waals surface area contributed by atoms with Crippen LogP contribution >= 0.6 is 0 Å². The Hall–Kier alpha value is -2.38. The van der Waals surface area contributed by atoms with Gasteiger partial charge in [0.1, 0.15) is 18.4 Å². The quantitative estimate of drug-likeness (QED) is 0.832. The van der Waals surface area contributed by atoms with Crippen LogP contribution in [0.4, 0.5) is 5.69 Å². The number of aryl methyl sites for hydroxylation is 1. The Kier molecular flexibility index (Phi) is 5.48. The van der Waals surface area contributed by atoms with Crippen molar-refractivity contribution in [3.8, 4) is 17.1 Å². The number of hydrogen-bond donors (Lipinski definition) is 1. The lowest BCUT2D eigenvalue weighted by molar-refractivity contribution is -0.101. The van der Waals surface area contributed by atoms with E-state index in [4.69, 9.17) is 19.9 Å². The van der Waals surface area contributed by atoms with Gasteiger partial charge in [0, 0.05) is 12.1 Å². The fraction of sp³-hybridized carbons (Fsp3) is 0.565. The fourth-order valence-electron chi connectivity index (χ4n) is 4.94. The second-order valence-corrected chi connectivity index (χ2v) is 8.49. The van der Waals surface area contributed by atoms with Crippen LogP contribution < -0.4 is 16.2 Å². The lowest BCUT2D eigenvalue weighted by atomic mass is 9.82. The van der Waals surface area contributed by atoms with Gasteiger partial charge in [-0.3, -0.25) is 4.57 Å². The molecular weight excluding hydrogens is 382 g/mol. The van der Waals surface area contributed by atoms with Crippen LogP contribution in [0.1, 0.15) is 49.1 Å². The summed E-state index contributed by atoms with van der Waals surface area (Å²) in [7, 11) is 0. The van der Waals surface area contributed by atoms with Crippen LogP contribution in [-0.4, -0.2) is 42.1 Å². The molecule has 5 rings (SSSR count). The summed E-state index contributed by atoms with van der Waals surface area (Å²) >= 11 is 0. The first-order valence-electron chi connectivity index (χ1n) is 11.1. The number of benzene rings is 1. The van der Waals surface area contributed by atoms with Gasteiger partial charge in [-0.05, 0) is 36.3 Å². The number of nitrogens with zero attached hydrogens (tertiary/aromatic N) is 2. The standard InChI is InChI=1S/C23H29N3O4/c24-20-21-19-7-6-16(15-4-2-1-3-5-15)12-17(19)8-9-26(21)23(27)25-22(20)30-14-18-13-28-10-11-29-18/h6-7,12,15,18H,1-5,8-11,13-14,24H2. The third-order valence-corrected chi connectivity index (χ3v) is 6.54. The minimum absolute atomic E-state index is 0.177. The van der Waals surface area contributed by atoms with Gasteiger partial charge in [0.2, 0.25) is 5.88 Å². The highest BCUT2D eigenvalue weighted by Gasteiger charge is 2.26. The van der Waals surface area contributed by atoms with Crippen molar-refractivity contribution in [1.29, 1.82) is 0 Å². The zero-order valence-electron chi connectivity index (χ0n) is 17.3. The molecule has 1 aliphatic carbocycles. The van der Waals surface area contributed by atoms with Gasteiger partial charge in [0.15, 0.2) is 0 Å². The number of fused-ring (bicyclic) bond motifs is 3. The minimum Gasteiger partial charge on any atom is -0.473 e. The molecule has 3 aliphatic rings. The lowest BCUT2D eigenvalue weighted by Gasteiger charge is -2.27. The first kappa shape index (κ1) is 19.6. The Morgan fingerprint density at radius 2 is 2.07 bits per heavy atom. The van der Waals surface area contributed by atoms with Gasteiger partial charge in [-0.1, -0.05) is 37.5 Å². The second kappa shape index (κ2) is 8.40. The molecule has 7 nitrogen and oxygen atoms in total. The zero-order chi connectivity index (χ0) is 20.5. The third kappa shape index (κ3) is 3.72. The molecular formula is C23H29N3O4. The summed E-state index contributed by atoms with van der Waals surface area (Å²) in [6.07, 6.45) is 7.16. The maximum absolute atomic E-state index is 12.7. The van der Waals surface area contributed by atoms with E-state index in [1.165, 1.54) is 43.2 Å². The van der Waals surface area contributed by atoms with Crippen molar-refractivity contribution >= 4 is 5.69 Å². The molecule has 2 N–H and O–H groups in total. The van der Waals surface area contributed by atoms with E-state index in [-0.39, 0.29) is 24.3 Å². The summed E-state index contributed by atoms with van der Waals surface area (Å²) in [6.45, 7) is 2.45. The largest absolute Gasteiger partial charge is 0.473 e. The molecule has 0 spiro atoms. The number of anilines is 1. The van der Waals surface area contributed by atoms with Crippen molar-refractivity contribution in [3.63, 3.8) is 0 Å². The van der Waals surface area contributed by atoms with Gasteiger partial charge in [0.25, 0.3) is 0 Å². The van der Waals surface area contributed by atoms with Crippen LogP contribution in [0.2, 0.25) is 0 Å². The molecule has 7 heteroatoms. The van der Waals surface area contributed by atoms with Gasteiger partial charge in [-0.2, -0.15) is 4.98 Å². The Morgan fingerprint density at radius 1 is 1.20 bits per heavy atom. The fourth-order valence-corrected chi connectivity index (χ4v) is 4.94. The number of nitrogens with two attached hydrogens (primary N) is 1. The molecule has 0 amide bonds. The molecule has 0 bridgehead atoms. The molecule has 2 aliphatic heterocycles. The van der Waals surface area contributed by atoms with Crippen molar-refractivity contribution in [2.45, 2.75) is 57.1 Å². The smallest absolute Gasteiger partial charge is 0.351 e. The van der Waals surface area contributed by atoms with Gasteiger partial charge >= 0.3 is 5.69 Å². The summed E-state index contributed by atoms with van der Waals surface area (Å²) in [5.41, 5.74) is 11.0. The van der Waals surface area contributed by atoms with Crippen molar-refractivity contribution in [3.05, 3.63) is 39.8 Å². The molecule has 1 atom stereocenters. The highest BCUT2D eigenvalue weighted by molar-refractivity contribution is 5.79. The normalized spacial score (nSPS) is 21.7. The van der Waals surface area contributed by atoms with E-state index in [1.54, 1.807) is 4.57 Å². The highest BCUT2D eigenvalue weighted by atomic mass is 16.6. The van der Waals surface area contributed by atoms with E-state index in [0.717, 1.165) is 17.7 Å². The highest BCUT2D eigenvalue weighted by Crippen LogP contribution is 2.39. The number of hydrogen-bond acceptors (Lipinski definition) is 6. The van der Waals surface area contributed by atoms with Crippen LogP contribution in [-0.2, 0) is 22.4 Å². The molecule has 2 fully saturated rings. The van der Waals surface area contributed by atoms with Gasteiger partial charge < -0.3 is 19.9 Å². The lowest BCUT2D eigenvalue weighted by Crippen LogP contribution is -2.35. The molecule has 0 radical (unpaired) electrons. The van der Waals surface area contributed by atoms with Crippen molar-refractivity contribution in [2.24, 2.45) is 0 Å². The third-order valence-electron chi connectivity index (χ3n) is 6.54. The maximum atomic E-state index is 12.7. The summed E-state index contributed by atoms with van der Waals surface area (Å²) < 4.78 is 18.5. The second-order valence-electron chi connectivity index (χ2n) is 8.49. The molecule has 1 aromatic heterocycles. The van der Waals surface area contributed by atoms with Crippen molar-refractivity contribution in [2.75, 3.05) is 32.2 Å². The molecule has 30 heavy (non-hydrogen) atoms. The predicted molar refractivity (Wildman–Crippen MR) is 114 cm³/mol. The average molecular weight is 412 g/mol. The van der Waals surface area contributed by atoms with Crippen LogP contribution in [0.3, 0.4) is 0 Å². The number of rotatable bonds is 4. The molecule has 2 aromatic rings. The monoisotopic (exact) mass is 411 g/mol. The number of aromatic nitrogens is 2. The zero-order valence-corrected chi connectivity index (χ0v) is 17.3. The predicted octanol–water partition coefficient (Wildman–Crippen LogP) is 2.89. The first-order valence-corrected chi connectivity index (χ1v) is 11.1. The number of nitrogen functional groups attached to an aromatic ring is 1. The SMILES string of the molecule is Nc1c(OCC2COCCO2)nc(=O)n2c1-c1ccc(C3CCCCC3)cc1CC2. The van der Waals surface area contributed by atoms with Crippen LogP contribution in [0, 0.1) is 0 Å². The van der Waals surface area contributed by atoms with Gasteiger partial charge in [0.05, 0.1) is 25.5 Å². The Morgan fingerprint density at radius 3 is 2.87 bits per heavy atom. The Balaban J connectivity index is 1.45. The van der Waals surface area contributed by atoms with E-state index in [0.29, 0.717) is 38.0 Å². The van der Waals surface area contributed by atoms with Gasteiger partial charge in [-0.25, -0.2) is 4.79 Å². The number of ether oxygens (including phenoxy) is 3. The van der Waals surface area contributed by atoms with E-state index in [9.17, 15) is 4.79 Å². The topological polar surface area (TPSA) is 88.6 Å². The van der Waals surface area contributed by atoms with Gasteiger partial charge in [-0.15, -0.1) is 0 Å². The van der Waals surface area contributed by atoms with E-state index >= 15 is 0 Å². The minimum atomic E-state index is -0.322. The molecule has 1 saturated carbocycles. The summed E-state index contributed by atoms with van der Waals surface area (Å²) in [5, 5.41) is 0. The van der Waals surface area contributed by atoms with E-state index in [2.05, 4.69) is 23.2 Å².